The zero-order chi connectivity index (χ0) is 15.4. The molecular formula is C14H24N2O3S. The summed E-state index contributed by atoms with van der Waals surface area (Å²) in [5, 5.41) is 12.3. The Morgan fingerprint density at radius 2 is 1.90 bits per heavy atom. The van der Waals surface area contributed by atoms with Crippen molar-refractivity contribution >= 4 is 15.7 Å². The minimum Gasteiger partial charge on any atom is -0.349 e. The van der Waals surface area contributed by atoms with Gasteiger partial charge in [0.05, 0.1) is 23.1 Å². The van der Waals surface area contributed by atoms with Crippen molar-refractivity contribution < 1.29 is 13.2 Å². The molecule has 5 nitrogen and oxygen atoms in total. The molecule has 1 heterocycles. The summed E-state index contributed by atoms with van der Waals surface area (Å²) < 4.78 is 23.2. The number of hydrogen-bond acceptors (Lipinski definition) is 4. The number of rotatable bonds is 6. The summed E-state index contributed by atoms with van der Waals surface area (Å²) in [5.41, 5.74) is -1.77. The molecule has 1 aliphatic rings. The van der Waals surface area contributed by atoms with Gasteiger partial charge in [0.15, 0.2) is 9.84 Å². The van der Waals surface area contributed by atoms with E-state index in [1.54, 1.807) is 6.92 Å². The van der Waals surface area contributed by atoms with Gasteiger partial charge in [-0.1, -0.05) is 26.7 Å². The third-order valence-electron chi connectivity index (χ3n) is 3.92. The summed E-state index contributed by atoms with van der Waals surface area (Å²) in [6.45, 7) is 5.63. The first-order valence-electron chi connectivity index (χ1n) is 7.17. The Hall–Kier alpha value is -1.09. The summed E-state index contributed by atoms with van der Waals surface area (Å²) in [6.07, 6.45) is 2.92. The van der Waals surface area contributed by atoms with Gasteiger partial charge in [-0.15, -0.1) is 0 Å². The quantitative estimate of drug-likeness (QED) is 0.810. The second-order valence-electron chi connectivity index (χ2n) is 6.05. The number of nitriles is 1. The van der Waals surface area contributed by atoms with E-state index in [-0.39, 0.29) is 17.4 Å². The molecule has 6 heteroatoms. The highest BCUT2D eigenvalue weighted by Gasteiger charge is 2.44. The number of nitrogens with one attached hydrogen (secondary N) is 1. The fraction of sp³-hybridized carbons (Fsp3) is 0.857. The molecule has 0 saturated carbocycles. The number of hydrogen-bond donors (Lipinski definition) is 1. The SMILES string of the molecule is CCCC(C#N)(CCC)C(=O)NC1(C)CCS(=O)(=O)C1. The van der Waals surface area contributed by atoms with E-state index in [4.69, 9.17) is 0 Å². The molecule has 1 unspecified atom stereocenters. The molecular weight excluding hydrogens is 276 g/mol. The van der Waals surface area contributed by atoms with E-state index in [1.807, 2.05) is 13.8 Å². The zero-order valence-electron chi connectivity index (χ0n) is 12.5. The smallest absolute Gasteiger partial charge is 0.240 e. The lowest BCUT2D eigenvalue weighted by atomic mass is 9.79. The Morgan fingerprint density at radius 1 is 1.35 bits per heavy atom. The van der Waals surface area contributed by atoms with Crippen LogP contribution in [0.3, 0.4) is 0 Å². The van der Waals surface area contributed by atoms with Crippen molar-refractivity contribution in [3.8, 4) is 6.07 Å². The number of carbonyl (C=O) groups excluding carboxylic acids is 1. The third-order valence-corrected chi connectivity index (χ3v) is 5.82. The standard InChI is InChI=1S/C14H24N2O3S/c1-4-6-14(10-15,7-5-2)12(17)16-13(3)8-9-20(18,19)11-13/h4-9,11H2,1-3H3,(H,16,17). The number of nitrogens with zero attached hydrogens (tertiary/aromatic N) is 1. The molecule has 1 amide bonds. The van der Waals surface area contributed by atoms with Gasteiger partial charge >= 0.3 is 0 Å². The molecule has 1 N–H and O–H groups in total. The monoisotopic (exact) mass is 300 g/mol. The molecule has 114 valence electrons. The predicted octanol–water partition coefficient (Wildman–Crippen LogP) is 1.79. The maximum Gasteiger partial charge on any atom is 0.240 e. The first-order chi connectivity index (χ1) is 9.22. The molecule has 20 heavy (non-hydrogen) atoms. The first-order valence-corrected chi connectivity index (χ1v) is 8.99. The Labute approximate surface area is 121 Å². The van der Waals surface area contributed by atoms with Crippen LogP contribution in [0.1, 0.15) is 52.9 Å². The van der Waals surface area contributed by atoms with E-state index in [0.717, 1.165) is 12.8 Å². The lowest BCUT2D eigenvalue weighted by Crippen LogP contribution is -2.52. The van der Waals surface area contributed by atoms with Crippen LogP contribution in [0.5, 0.6) is 0 Å². The largest absolute Gasteiger partial charge is 0.349 e. The highest BCUT2D eigenvalue weighted by atomic mass is 32.2. The van der Waals surface area contributed by atoms with Crippen LogP contribution in [0.4, 0.5) is 0 Å². The van der Waals surface area contributed by atoms with Crippen LogP contribution in [0, 0.1) is 16.7 Å². The van der Waals surface area contributed by atoms with E-state index in [0.29, 0.717) is 19.3 Å². The highest BCUT2D eigenvalue weighted by Crippen LogP contribution is 2.32. The summed E-state index contributed by atoms with van der Waals surface area (Å²) in [5.74, 6) is -0.251. The Balaban J connectivity index is 2.90. The lowest BCUT2D eigenvalue weighted by molar-refractivity contribution is -0.130. The number of amides is 1. The van der Waals surface area contributed by atoms with Crippen molar-refractivity contribution in [2.24, 2.45) is 5.41 Å². The average Bonchev–Trinajstić information content (AvgIpc) is 2.62. The van der Waals surface area contributed by atoms with Crippen molar-refractivity contribution in [2.45, 2.75) is 58.4 Å². The molecule has 1 rings (SSSR count). The molecule has 1 saturated heterocycles. The van der Waals surface area contributed by atoms with Gasteiger partial charge in [-0.2, -0.15) is 5.26 Å². The summed E-state index contributed by atoms with van der Waals surface area (Å²) >= 11 is 0. The van der Waals surface area contributed by atoms with Gasteiger partial charge in [-0.05, 0) is 26.2 Å². The molecule has 0 spiro atoms. The van der Waals surface area contributed by atoms with Gasteiger partial charge in [0.1, 0.15) is 5.41 Å². The third kappa shape index (κ3) is 3.72. The fourth-order valence-electron chi connectivity index (χ4n) is 2.87. The molecule has 0 aliphatic carbocycles. The molecule has 0 bridgehead atoms. The topological polar surface area (TPSA) is 87.0 Å². The number of carbonyl (C=O) groups is 1. The van der Waals surface area contributed by atoms with Crippen molar-refractivity contribution in [2.75, 3.05) is 11.5 Å². The van der Waals surface area contributed by atoms with Crippen molar-refractivity contribution in [3.05, 3.63) is 0 Å². The Bertz CT molecular complexity index is 501. The van der Waals surface area contributed by atoms with Gasteiger partial charge in [-0.25, -0.2) is 8.42 Å². The minimum absolute atomic E-state index is 0.0362. The van der Waals surface area contributed by atoms with E-state index in [1.165, 1.54) is 0 Å². The van der Waals surface area contributed by atoms with Gasteiger partial charge in [-0.3, -0.25) is 4.79 Å². The van der Waals surface area contributed by atoms with Crippen LogP contribution in [0.15, 0.2) is 0 Å². The van der Waals surface area contributed by atoms with E-state index >= 15 is 0 Å². The summed E-state index contributed by atoms with van der Waals surface area (Å²) in [6, 6.07) is 2.17. The van der Waals surface area contributed by atoms with Crippen molar-refractivity contribution in [1.29, 1.82) is 5.26 Å². The van der Waals surface area contributed by atoms with E-state index in [2.05, 4.69) is 11.4 Å². The molecule has 1 aliphatic heterocycles. The van der Waals surface area contributed by atoms with Gasteiger partial charge in [0, 0.05) is 0 Å². The average molecular weight is 300 g/mol. The second-order valence-corrected chi connectivity index (χ2v) is 8.23. The number of sulfone groups is 1. The fourth-order valence-corrected chi connectivity index (χ4v) is 4.96. The summed E-state index contributed by atoms with van der Waals surface area (Å²) in [4.78, 5) is 12.5. The van der Waals surface area contributed by atoms with Crippen LogP contribution in [-0.2, 0) is 14.6 Å². The second kappa shape index (κ2) is 6.13. The lowest BCUT2D eigenvalue weighted by Gasteiger charge is -2.31. The Morgan fingerprint density at radius 3 is 2.25 bits per heavy atom. The molecule has 0 aromatic rings. The van der Waals surface area contributed by atoms with Gasteiger partial charge < -0.3 is 5.32 Å². The molecule has 0 aromatic heterocycles. The summed E-state index contributed by atoms with van der Waals surface area (Å²) in [7, 11) is -3.07. The highest BCUT2D eigenvalue weighted by molar-refractivity contribution is 7.91. The van der Waals surface area contributed by atoms with E-state index < -0.39 is 20.8 Å². The molecule has 0 aromatic carbocycles. The van der Waals surface area contributed by atoms with Gasteiger partial charge in [0.2, 0.25) is 5.91 Å². The minimum atomic E-state index is -3.07. The maximum absolute atomic E-state index is 12.5. The molecule has 1 fully saturated rings. The first kappa shape index (κ1) is 17.0. The Kier molecular flexibility index (Phi) is 5.20. The molecule has 0 radical (unpaired) electrons. The molecule has 1 atom stereocenters. The van der Waals surface area contributed by atoms with Crippen LogP contribution in [0.2, 0.25) is 0 Å². The maximum atomic E-state index is 12.5. The van der Waals surface area contributed by atoms with Crippen LogP contribution in [0.25, 0.3) is 0 Å². The van der Waals surface area contributed by atoms with Crippen LogP contribution in [-0.4, -0.2) is 31.4 Å². The van der Waals surface area contributed by atoms with Gasteiger partial charge in [0.25, 0.3) is 0 Å². The van der Waals surface area contributed by atoms with E-state index in [9.17, 15) is 18.5 Å². The predicted molar refractivity (Wildman–Crippen MR) is 77.7 cm³/mol. The van der Waals surface area contributed by atoms with Crippen LogP contribution >= 0.6 is 0 Å². The van der Waals surface area contributed by atoms with Crippen molar-refractivity contribution in [1.82, 2.24) is 5.32 Å². The van der Waals surface area contributed by atoms with Crippen LogP contribution < -0.4 is 5.32 Å². The van der Waals surface area contributed by atoms with Crippen molar-refractivity contribution in [3.63, 3.8) is 0 Å². The normalized spacial score (nSPS) is 25.1. The zero-order valence-corrected chi connectivity index (χ0v) is 13.3.